The first-order chi connectivity index (χ1) is 31.5. The molecule has 3 atom stereocenters. The Hall–Kier alpha value is -2.96. The maximum Gasteiger partial charge on any atom is 0.306 e. The van der Waals surface area contributed by atoms with Crippen LogP contribution in [0, 0.1) is 0 Å². The quantitative estimate of drug-likeness (QED) is 0.0321. The van der Waals surface area contributed by atoms with Crippen LogP contribution in [0.25, 0.3) is 0 Å². The highest BCUT2D eigenvalue weighted by atomic mass is 16.5. The molecular weight excluding hydrogens is 791 g/mol. The standard InChI is InChI=1S/C58H101NO5/c1-4-7-10-13-16-19-22-25-27-28-29-30-33-36-39-42-45-48-51-58(63)64-54(49-46-43-40-37-34-31-24-21-18-15-12-9-6-3)52-57(62)59-55(53-60)56(61)50-47-44-41-38-35-32-26-23-20-17-14-11-8-5-2/h9,12,15,18,21,24,27-31,34,37,40,54-56,60-61H,4-8,10-11,13-14,16-17,19-20,22-23,25-26,32-33,35-36,38-39,41-53H2,1-3H3,(H,59,62)/b12-9+,18-15+,24-21-,28-27+,30-29+,34-31-,40-37+. The molecule has 0 saturated heterocycles. The molecule has 368 valence electrons. The minimum Gasteiger partial charge on any atom is -0.462 e. The fraction of sp³-hybridized carbons (Fsp3) is 0.724. The van der Waals surface area contributed by atoms with Crippen LogP contribution in [0.1, 0.15) is 245 Å². The predicted molar refractivity (Wildman–Crippen MR) is 278 cm³/mol. The van der Waals surface area contributed by atoms with E-state index in [0.717, 1.165) is 77.0 Å². The van der Waals surface area contributed by atoms with Gasteiger partial charge in [-0.05, 0) is 64.2 Å². The summed E-state index contributed by atoms with van der Waals surface area (Å²) in [6.07, 6.45) is 66.5. The number of nitrogens with one attached hydrogen (secondary N) is 1. The molecule has 1 amide bonds. The number of carbonyl (C=O) groups is 2. The molecule has 0 bridgehead atoms. The minimum absolute atomic E-state index is 0.0189. The van der Waals surface area contributed by atoms with E-state index < -0.39 is 18.2 Å². The molecule has 6 nitrogen and oxygen atoms in total. The van der Waals surface area contributed by atoms with Gasteiger partial charge in [0, 0.05) is 6.42 Å². The second-order valence-electron chi connectivity index (χ2n) is 18.0. The lowest BCUT2D eigenvalue weighted by Crippen LogP contribution is -2.46. The molecule has 0 aromatic carbocycles. The molecule has 0 aliphatic rings. The molecule has 0 spiro atoms. The highest BCUT2D eigenvalue weighted by Gasteiger charge is 2.24. The number of unbranched alkanes of at least 4 members (excludes halogenated alkanes) is 26. The van der Waals surface area contributed by atoms with Gasteiger partial charge in [-0.3, -0.25) is 9.59 Å². The molecule has 0 fully saturated rings. The van der Waals surface area contributed by atoms with E-state index >= 15 is 0 Å². The maximum absolute atomic E-state index is 13.2. The molecule has 0 heterocycles. The number of hydrogen-bond donors (Lipinski definition) is 3. The van der Waals surface area contributed by atoms with Gasteiger partial charge in [-0.2, -0.15) is 0 Å². The molecule has 0 rings (SSSR count). The molecule has 0 saturated carbocycles. The van der Waals surface area contributed by atoms with Crippen LogP contribution in [-0.4, -0.2) is 46.9 Å². The van der Waals surface area contributed by atoms with Crippen molar-refractivity contribution in [2.45, 2.75) is 264 Å². The van der Waals surface area contributed by atoms with Crippen molar-refractivity contribution in [3.8, 4) is 0 Å². The van der Waals surface area contributed by atoms with Crippen LogP contribution >= 0.6 is 0 Å². The molecule has 64 heavy (non-hydrogen) atoms. The van der Waals surface area contributed by atoms with Crippen LogP contribution in [0.15, 0.2) is 85.1 Å². The predicted octanol–water partition coefficient (Wildman–Crippen LogP) is 16.3. The summed E-state index contributed by atoms with van der Waals surface area (Å²) in [5.41, 5.74) is 0. The first-order valence-electron chi connectivity index (χ1n) is 26.9. The Bertz CT molecular complexity index is 1230. The third-order valence-electron chi connectivity index (χ3n) is 11.9. The number of aliphatic hydroxyl groups is 2. The third-order valence-corrected chi connectivity index (χ3v) is 11.9. The Morgan fingerprint density at radius 1 is 0.469 bits per heavy atom. The Balaban J connectivity index is 4.67. The number of amides is 1. The highest BCUT2D eigenvalue weighted by molar-refractivity contribution is 5.77. The number of aliphatic hydroxyl groups excluding tert-OH is 2. The number of carbonyl (C=O) groups excluding carboxylic acids is 2. The van der Waals surface area contributed by atoms with Crippen molar-refractivity contribution in [3.63, 3.8) is 0 Å². The molecule has 0 aromatic heterocycles. The van der Waals surface area contributed by atoms with E-state index in [1.807, 2.05) is 48.6 Å². The summed E-state index contributed by atoms with van der Waals surface area (Å²) in [7, 11) is 0. The van der Waals surface area contributed by atoms with Gasteiger partial charge in [-0.1, -0.05) is 254 Å². The Kier molecular flexibility index (Phi) is 48.7. The number of rotatable bonds is 47. The summed E-state index contributed by atoms with van der Waals surface area (Å²) in [4.78, 5) is 26.2. The van der Waals surface area contributed by atoms with Crippen molar-refractivity contribution in [2.24, 2.45) is 0 Å². The van der Waals surface area contributed by atoms with Gasteiger partial charge in [-0.15, -0.1) is 0 Å². The summed E-state index contributed by atoms with van der Waals surface area (Å²) >= 11 is 0. The molecule has 0 aliphatic carbocycles. The van der Waals surface area contributed by atoms with Crippen LogP contribution in [-0.2, 0) is 14.3 Å². The van der Waals surface area contributed by atoms with Gasteiger partial charge in [0.1, 0.15) is 6.10 Å². The number of ether oxygens (including phenoxy) is 1. The summed E-state index contributed by atoms with van der Waals surface area (Å²) in [6, 6.07) is -0.732. The summed E-state index contributed by atoms with van der Waals surface area (Å²) in [5, 5.41) is 23.8. The normalized spacial score (nSPS) is 13.9. The first kappa shape index (κ1) is 61.0. The van der Waals surface area contributed by atoms with Gasteiger partial charge in [0.15, 0.2) is 0 Å². The summed E-state index contributed by atoms with van der Waals surface area (Å²) in [6.45, 7) is 6.31. The fourth-order valence-corrected chi connectivity index (χ4v) is 7.80. The van der Waals surface area contributed by atoms with Gasteiger partial charge in [-0.25, -0.2) is 0 Å². The Labute approximate surface area is 395 Å². The smallest absolute Gasteiger partial charge is 0.306 e. The van der Waals surface area contributed by atoms with E-state index in [4.69, 9.17) is 4.74 Å². The Morgan fingerprint density at radius 3 is 1.33 bits per heavy atom. The summed E-state index contributed by atoms with van der Waals surface area (Å²) < 4.78 is 5.90. The zero-order valence-corrected chi connectivity index (χ0v) is 41.9. The van der Waals surface area contributed by atoms with E-state index in [1.54, 1.807) is 0 Å². The van der Waals surface area contributed by atoms with Gasteiger partial charge >= 0.3 is 5.97 Å². The fourth-order valence-electron chi connectivity index (χ4n) is 7.80. The van der Waals surface area contributed by atoms with E-state index in [2.05, 4.69) is 62.5 Å². The molecular formula is C58H101NO5. The lowest BCUT2D eigenvalue weighted by Gasteiger charge is -2.24. The monoisotopic (exact) mass is 892 g/mol. The van der Waals surface area contributed by atoms with Crippen LogP contribution < -0.4 is 5.32 Å². The second kappa shape index (κ2) is 51.0. The topological polar surface area (TPSA) is 95.9 Å². The highest BCUT2D eigenvalue weighted by Crippen LogP contribution is 2.17. The average molecular weight is 892 g/mol. The van der Waals surface area contributed by atoms with Gasteiger partial charge in [0.25, 0.3) is 0 Å². The Morgan fingerprint density at radius 2 is 0.859 bits per heavy atom. The zero-order chi connectivity index (χ0) is 46.7. The third kappa shape index (κ3) is 45.6. The van der Waals surface area contributed by atoms with E-state index in [0.29, 0.717) is 19.3 Å². The minimum atomic E-state index is -0.813. The molecule has 3 unspecified atom stereocenters. The summed E-state index contributed by atoms with van der Waals surface area (Å²) in [5.74, 6) is -0.566. The van der Waals surface area contributed by atoms with Crippen molar-refractivity contribution in [1.29, 1.82) is 0 Å². The first-order valence-corrected chi connectivity index (χ1v) is 26.9. The van der Waals surface area contributed by atoms with E-state index in [1.165, 1.54) is 122 Å². The maximum atomic E-state index is 13.2. The number of allylic oxidation sites excluding steroid dienone is 14. The molecule has 6 heteroatoms. The van der Waals surface area contributed by atoms with E-state index in [9.17, 15) is 19.8 Å². The molecule has 0 aromatic rings. The molecule has 0 aliphatic heterocycles. The number of esters is 1. The SMILES string of the molecule is CC/C=C/C=C/C=C\C=C/C=C/CCCC(CC(=O)NC(CO)C(O)CCCCCCCCCCCCCCCC)OC(=O)CCCCCCC/C=C/C=C/CCCCCCCCC. The van der Waals surface area contributed by atoms with Crippen LogP contribution in [0.4, 0.5) is 0 Å². The zero-order valence-electron chi connectivity index (χ0n) is 41.9. The number of hydrogen-bond acceptors (Lipinski definition) is 5. The largest absolute Gasteiger partial charge is 0.462 e. The van der Waals surface area contributed by atoms with E-state index in [-0.39, 0.29) is 24.9 Å². The van der Waals surface area contributed by atoms with Crippen molar-refractivity contribution in [3.05, 3.63) is 85.1 Å². The molecule has 0 radical (unpaired) electrons. The van der Waals surface area contributed by atoms with Crippen molar-refractivity contribution < 1.29 is 24.5 Å². The molecule has 3 N–H and O–H groups in total. The second-order valence-corrected chi connectivity index (χ2v) is 18.0. The van der Waals surface area contributed by atoms with Crippen LogP contribution in [0.5, 0.6) is 0 Å². The lowest BCUT2D eigenvalue weighted by molar-refractivity contribution is -0.151. The van der Waals surface area contributed by atoms with Crippen molar-refractivity contribution >= 4 is 11.9 Å². The van der Waals surface area contributed by atoms with Gasteiger partial charge in [0.05, 0.1) is 25.2 Å². The van der Waals surface area contributed by atoms with Gasteiger partial charge < -0.3 is 20.3 Å². The van der Waals surface area contributed by atoms with Gasteiger partial charge in [0.2, 0.25) is 5.91 Å². The van der Waals surface area contributed by atoms with Crippen molar-refractivity contribution in [2.75, 3.05) is 6.61 Å². The lowest BCUT2D eigenvalue weighted by atomic mass is 10.0. The van der Waals surface area contributed by atoms with Crippen LogP contribution in [0.3, 0.4) is 0 Å². The van der Waals surface area contributed by atoms with Crippen LogP contribution in [0.2, 0.25) is 0 Å². The average Bonchev–Trinajstić information content (AvgIpc) is 3.29. The van der Waals surface area contributed by atoms with Crippen molar-refractivity contribution in [1.82, 2.24) is 5.32 Å².